The maximum Gasteiger partial charge on any atom is 0.267 e. The topological polar surface area (TPSA) is 74.6 Å². The molecule has 6 heteroatoms. The van der Waals surface area contributed by atoms with E-state index < -0.39 is 11.5 Å². The molecule has 1 amide bonds. The lowest BCUT2D eigenvalue weighted by Crippen LogP contribution is -2.37. The fourth-order valence-corrected chi connectivity index (χ4v) is 2.64. The van der Waals surface area contributed by atoms with Crippen LogP contribution in [0.15, 0.2) is 29.1 Å². The highest BCUT2D eigenvalue weighted by Gasteiger charge is 2.20. The molecule has 0 aliphatic rings. The van der Waals surface area contributed by atoms with Gasteiger partial charge in [0.05, 0.1) is 5.52 Å². The maximum absolute atomic E-state index is 12.4. The molecule has 1 heterocycles. The number of benzene rings is 1. The molecular weight excluding hydrogens is 294 g/mol. The minimum Gasteiger partial charge on any atom is -0.506 e. The van der Waals surface area contributed by atoms with Gasteiger partial charge in [0.15, 0.2) is 0 Å². The van der Waals surface area contributed by atoms with E-state index in [2.05, 4.69) is 24.1 Å². The number of likely N-dealkylation sites (N-methyl/N-ethyl adjacent to an activating group) is 1. The van der Waals surface area contributed by atoms with Crippen molar-refractivity contribution in [3.8, 4) is 5.75 Å². The van der Waals surface area contributed by atoms with Crippen LogP contribution in [0.3, 0.4) is 0 Å². The molecule has 1 aromatic carbocycles. The first-order valence-corrected chi connectivity index (χ1v) is 7.82. The highest BCUT2D eigenvalue weighted by Crippen LogP contribution is 2.25. The molecule has 2 N–H and O–H groups in total. The van der Waals surface area contributed by atoms with Gasteiger partial charge in [0.1, 0.15) is 11.3 Å². The predicted molar refractivity (Wildman–Crippen MR) is 91.0 cm³/mol. The van der Waals surface area contributed by atoms with Gasteiger partial charge in [0.25, 0.3) is 11.5 Å². The molecule has 0 fully saturated rings. The zero-order chi connectivity index (χ0) is 17.0. The van der Waals surface area contributed by atoms with E-state index >= 15 is 0 Å². The standard InChI is InChI=1S/C17H23N3O3/c1-4-20(5-2)11-10-18-16(22)14-15(21)12-8-6-7-9-13(12)19(3)17(14)23/h6-9,21H,4-5,10-11H2,1-3H3,(H,18,22). The summed E-state index contributed by atoms with van der Waals surface area (Å²) in [5.41, 5.74) is -0.109. The number of carbonyl (C=O) groups excluding carboxylic acids is 1. The fourth-order valence-electron chi connectivity index (χ4n) is 2.64. The summed E-state index contributed by atoms with van der Waals surface area (Å²) in [6.07, 6.45) is 0. The summed E-state index contributed by atoms with van der Waals surface area (Å²) in [5.74, 6) is -0.801. The summed E-state index contributed by atoms with van der Waals surface area (Å²) in [4.78, 5) is 26.9. The molecule has 1 aromatic heterocycles. The number of aryl methyl sites for hydroxylation is 1. The Kier molecular flexibility index (Phi) is 5.39. The van der Waals surface area contributed by atoms with E-state index in [-0.39, 0.29) is 11.3 Å². The minimum atomic E-state index is -0.541. The molecule has 0 spiro atoms. The molecule has 0 saturated carbocycles. The Labute approximate surface area is 135 Å². The van der Waals surface area contributed by atoms with Crippen molar-refractivity contribution in [2.75, 3.05) is 26.2 Å². The molecule has 2 rings (SSSR count). The number of para-hydroxylation sites is 1. The van der Waals surface area contributed by atoms with Crippen LogP contribution < -0.4 is 10.9 Å². The van der Waals surface area contributed by atoms with Gasteiger partial charge in [0.2, 0.25) is 0 Å². The Balaban J connectivity index is 2.29. The Morgan fingerprint density at radius 3 is 2.57 bits per heavy atom. The second-order valence-corrected chi connectivity index (χ2v) is 5.39. The van der Waals surface area contributed by atoms with Gasteiger partial charge >= 0.3 is 0 Å². The summed E-state index contributed by atoms with van der Waals surface area (Å²) < 4.78 is 1.38. The molecular formula is C17H23N3O3. The molecule has 0 saturated heterocycles. The first-order valence-electron chi connectivity index (χ1n) is 7.82. The van der Waals surface area contributed by atoms with Crippen molar-refractivity contribution in [2.24, 2.45) is 7.05 Å². The molecule has 0 radical (unpaired) electrons. The predicted octanol–water partition coefficient (Wildman–Crippen LogP) is 1.32. The maximum atomic E-state index is 12.4. The Bertz CT molecular complexity index is 764. The van der Waals surface area contributed by atoms with E-state index in [0.29, 0.717) is 24.0 Å². The third-order valence-corrected chi connectivity index (χ3v) is 4.11. The molecule has 0 unspecified atom stereocenters. The lowest BCUT2D eigenvalue weighted by molar-refractivity contribution is 0.0944. The van der Waals surface area contributed by atoms with Crippen molar-refractivity contribution in [1.82, 2.24) is 14.8 Å². The molecule has 23 heavy (non-hydrogen) atoms. The van der Waals surface area contributed by atoms with Gasteiger partial charge in [-0.3, -0.25) is 9.59 Å². The van der Waals surface area contributed by atoms with Gasteiger partial charge < -0.3 is 19.9 Å². The third-order valence-electron chi connectivity index (χ3n) is 4.11. The molecule has 0 aliphatic carbocycles. The van der Waals surface area contributed by atoms with E-state index in [1.807, 2.05) is 0 Å². The normalized spacial score (nSPS) is 11.1. The van der Waals surface area contributed by atoms with Gasteiger partial charge in [-0.05, 0) is 25.2 Å². The summed E-state index contributed by atoms with van der Waals surface area (Å²) in [7, 11) is 1.59. The van der Waals surface area contributed by atoms with Crippen LogP contribution in [0.25, 0.3) is 10.9 Å². The number of hydrogen-bond donors (Lipinski definition) is 2. The number of carbonyl (C=O) groups is 1. The number of rotatable bonds is 6. The highest BCUT2D eigenvalue weighted by atomic mass is 16.3. The van der Waals surface area contributed by atoms with Crippen molar-refractivity contribution in [3.05, 3.63) is 40.2 Å². The van der Waals surface area contributed by atoms with E-state index in [4.69, 9.17) is 0 Å². The van der Waals surface area contributed by atoms with Crippen LogP contribution in [0.2, 0.25) is 0 Å². The zero-order valence-electron chi connectivity index (χ0n) is 13.8. The van der Waals surface area contributed by atoms with Gasteiger partial charge in [-0.25, -0.2) is 0 Å². The number of nitrogens with one attached hydrogen (secondary N) is 1. The molecule has 0 bridgehead atoms. The van der Waals surface area contributed by atoms with E-state index in [0.717, 1.165) is 13.1 Å². The van der Waals surface area contributed by atoms with E-state index in [1.165, 1.54) is 4.57 Å². The Hall–Kier alpha value is -2.34. The number of nitrogens with zero attached hydrogens (tertiary/aromatic N) is 2. The molecule has 0 atom stereocenters. The summed E-state index contributed by atoms with van der Waals surface area (Å²) in [5, 5.41) is 13.5. The number of hydrogen-bond acceptors (Lipinski definition) is 4. The van der Waals surface area contributed by atoms with Gasteiger partial charge in [0, 0.05) is 25.5 Å². The monoisotopic (exact) mass is 317 g/mol. The van der Waals surface area contributed by atoms with Crippen LogP contribution in [0.5, 0.6) is 5.75 Å². The summed E-state index contributed by atoms with van der Waals surface area (Å²) in [6.45, 7) is 7.03. The van der Waals surface area contributed by atoms with Crippen LogP contribution in [0, 0.1) is 0 Å². The second-order valence-electron chi connectivity index (χ2n) is 5.39. The minimum absolute atomic E-state index is 0.203. The highest BCUT2D eigenvalue weighted by molar-refractivity contribution is 6.02. The van der Waals surface area contributed by atoms with E-state index in [1.54, 1.807) is 31.3 Å². The van der Waals surface area contributed by atoms with Crippen LogP contribution in [-0.4, -0.2) is 46.7 Å². The van der Waals surface area contributed by atoms with E-state index in [9.17, 15) is 14.7 Å². The average Bonchev–Trinajstić information content (AvgIpc) is 2.57. The largest absolute Gasteiger partial charge is 0.506 e. The number of aromatic nitrogens is 1. The molecule has 6 nitrogen and oxygen atoms in total. The van der Waals surface area contributed by atoms with Crippen molar-refractivity contribution in [2.45, 2.75) is 13.8 Å². The molecule has 2 aromatic rings. The quantitative estimate of drug-likeness (QED) is 0.842. The van der Waals surface area contributed by atoms with Crippen LogP contribution in [0.1, 0.15) is 24.2 Å². The number of amides is 1. The summed E-state index contributed by atoms with van der Waals surface area (Å²) >= 11 is 0. The second kappa shape index (κ2) is 7.28. The lowest BCUT2D eigenvalue weighted by Gasteiger charge is -2.18. The third kappa shape index (κ3) is 3.37. The molecule has 124 valence electrons. The zero-order valence-corrected chi connectivity index (χ0v) is 13.8. The first-order chi connectivity index (χ1) is 11.0. The van der Waals surface area contributed by atoms with Crippen LogP contribution >= 0.6 is 0 Å². The van der Waals surface area contributed by atoms with Crippen molar-refractivity contribution in [3.63, 3.8) is 0 Å². The number of fused-ring (bicyclic) bond motifs is 1. The van der Waals surface area contributed by atoms with Gasteiger partial charge in [-0.1, -0.05) is 26.0 Å². The van der Waals surface area contributed by atoms with Crippen molar-refractivity contribution in [1.29, 1.82) is 0 Å². The van der Waals surface area contributed by atoms with Gasteiger partial charge in [-0.2, -0.15) is 0 Å². The van der Waals surface area contributed by atoms with Crippen molar-refractivity contribution < 1.29 is 9.90 Å². The molecule has 0 aliphatic heterocycles. The Morgan fingerprint density at radius 1 is 1.26 bits per heavy atom. The number of pyridine rings is 1. The lowest BCUT2D eigenvalue weighted by atomic mass is 10.1. The smallest absolute Gasteiger partial charge is 0.267 e. The van der Waals surface area contributed by atoms with Crippen molar-refractivity contribution >= 4 is 16.8 Å². The average molecular weight is 317 g/mol. The summed E-state index contributed by atoms with van der Waals surface area (Å²) in [6, 6.07) is 6.97. The van der Waals surface area contributed by atoms with Crippen LogP contribution in [0.4, 0.5) is 0 Å². The first kappa shape index (κ1) is 17.0. The fraction of sp³-hybridized carbons (Fsp3) is 0.412. The SMILES string of the molecule is CCN(CC)CCNC(=O)c1c(O)c2ccccc2n(C)c1=O. The van der Waals surface area contributed by atoms with Gasteiger partial charge in [-0.15, -0.1) is 0 Å². The van der Waals surface area contributed by atoms with Crippen LogP contribution in [-0.2, 0) is 7.05 Å². The number of aromatic hydroxyl groups is 1. The Morgan fingerprint density at radius 2 is 1.91 bits per heavy atom.